The number of urea groups is 1. The number of aliphatic carboxylic acids is 1. The van der Waals surface area contributed by atoms with Crippen molar-refractivity contribution >= 4 is 22.8 Å². The van der Waals surface area contributed by atoms with Gasteiger partial charge in [-0.05, 0) is 19.8 Å². The van der Waals surface area contributed by atoms with Gasteiger partial charge in [-0.1, -0.05) is 13.3 Å². The first-order valence-corrected chi connectivity index (χ1v) is 7.69. The van der Waals surface area contributed by atoms with Crippen LogP contribution in [0.5, 0.6) is 0 Å². The Morgan fingerprint density at radius 1 is 1.28 bits per heavy atom. The second-order valence-electron chi connectivity index (χ2n) is 4.26. The summed E-state index contributed by atoms with van der Waals surface area (Å²) in [5.41, 5.74) is 0. The molecule has 3 atom stereocenters. The molecule has 0 saturated heterocycles. The fourth-order valence-electron chi connectivity index (χ4n) is 1.38. The zero-order valence-electron chi connectivity index (χ0n) is 11.1. The zero-order valence-corrected chi connectivity index (χ0v) is 11.9. The maximum atomic E-state index is 11.5. The molecule has 0 spiro atoms. The molecular formula is C11H22N2O4S. The fourth-order valence-corrected chi connectivity index (χ4v) is 2.07. The minimum absolute atomic E-state index is 0.134. The maximum absolute atomic E-state index is 11.5. The van der Waals surface area contributed by atoms with E-state index in [1.165, 1.54) is 0 Å². The average Bonchev–Trinajstić information content (AvgIpc) is 2.25. The van der Waals surface area contributed by atoms with Crippen molar-refractivity contribution in [1.82, 2.24) is 10.6 Å². The van der Waals surface area contributed by atoms with Gasteiger partial charge < -0.3 is 15.7 Å². The van der Waals surface area contributed by atoms with Crippen LogP contribution in [0.25, 0.3) is 0 Å². The molecule has 0 aliphatic heterocycles. The minimum atomic E-state index is -1.03. The predicted octanol–water partition coefficient (Wildman–Crippen LogP) is 0.696. The van der Waals surface area contributed by atoms with Crippen molar-refractivity contribution in [2.24, 2.45) is 0 Å². The van der Waals surface area contributed by atoms with E-state index in [9.17, 15) is 13.8 Å². The van der Waals surface area contributed by atoms with Gasteiger partial charge in [-0.3, -0.25) is 4.21 Å². The average molecular weight is 278 g/mol. The summed E-state index contributed by atoms with van der Waals surface area (Å²) in [5.74, 6) is -0.520. The van der Waals surface area contributed by atoms with Crippen molar-refractivity contribution in [2.45, 2.75) is 45.2 Å². The summed E-state index contributed by atoms with van der Waals surface area (Å²) in [6.07, 6.45) is 3.29. The molecule has 106 valence electrons. The van der Waals surface area contributed by atoms with E-state index in [1.807, 2.05) is 6.92 Å². The molecule has 0 saturated carbocycles. The first-order chi connectivity index (χ1) is 8.36. The molecule has 2 unspecified atom stereocenters. The summed E-state index contributed by atoms with van der Waals surface area (Å²) >= 11 is 0. The fraction of sp³-hybridized carbons (Fsp3) is 0.818. The summed E-state index contributed by atoms with van der Waals surface area (Å²) in [6, 6.07) is -1.49. The number of carbonyl (C=O) groups is 2. The number of rotatable bonds is 8. The Labute approximate surface area is 110 Å². The molecule has 3 N–H and O–H groups in total. The Hall–Kier alpha value is -1.11. The second kappa shape index (κ2) is 8.91. The minimum Gasteiger partial charge on any atom is -0.480 e. The van der Waals surface area contributed by atoms with E-state index in [0.29, 0.717) is 25.0 Å². The van der Waals surface area contributed by atoms with Crippen LogP contribution >= 0.6 is 0 Å². The summed E-state index contributed by atoms with van der Waals surface area (Å²) in [7, 11) is -0.888. The third kappa shape index (κ3) is 8.05. The van der Waals surface area contributed by atoms with Crippen LogP contribution in [0.2, 0.25) is 0 Å². The first kappa shape index (κ1) is 16.9. The lowest BCUT2D eigenvalue weighted by atomic mass is 10.2. The molecule has 0 bridgehead atoms. The van der Waals surface area contributed by atoms with E-state index < -0.39 is 28.8 Å². The Balaban J connectivity index is 4.07. The van der Waals surface area contributed by atoms with E-state index in [4.69, 9.17) is 5.11 Å². The van der Waals surface area contributed by atoms with E-state index in [0.717, 1.165) is 0 Å². The largest absolute Gasteiger partial charge is 0.480 e. The molecule has 6 nitrogen and oxygen atoms in total. The van der Waals surface area contributed by atoms with E-state index in [2.05, 4.69) is 10.6 Å². The van der Waals surface area contributed by atoms with Crippen LogP contribution in [0.4, 0.5) is 4.79 Å². The standard InChI is InChI=1S/C11H22N2O4S/c1-4-5-9(10(14)15)13-11(16)12-8(2)6-7-18(3)17/h8-9H,4-7H2,1-3H3,(H,14,15)(H2,12,13,16)/t8?,9-,18?/m0/s1. The number of hydrogen-bond acceptors (Lipinski definition) is 3. The molecule has 0 aromatic carbocycles. The quantitative estimate of drug-likeness (QED) is 0.609. The summed E-state index contributed by atoms with van der Waals surface area (Å²) in [4.78, 5) is 22.4. The van der Waals surface area contributed by atoms with Crippen LogP contribution < -0.4 is 10.6 Å². The highest BCUT2D eigenvalue weighted by Gasteiger charge is 2.19. The number of carbonyl (C=O) groups excluding carboxylic acids is 1. The van der Waals surface area contributed by atoms with E-state index >= 15 is 0 Å². The van der Waals surface area contributed by atoms with Crippen molar-refractivity contribution in [2.75, 3.05) is 12.0 Å². The summed E-state index contributed by atoms with van der Waals surface area (Å²) < 4.78 is 10.9. The third-order valence-electron chi connectivity index (χ3n) is 2.40. The molecule has 0 fully saturated rings. The highest BCUT2D eigenvalue weighted by atomic mass is 32.2. The van der Waals surface area contributed by atoms with Crippen LogP contribution in [-0.4, -0.2) is 45.4 Å². The van der Waals surface area contributed by atoms with Gasteiger partial charge in [0, 0.05) is 28.9 Å². The SMILES string of the molecule is CCC[C@H](NC(=O)NC(C)CCS(C)=O)C(=O)O. The number of hydrogen-bond donors (Lipinski definition) is 3. The van der Waals surface area contributed by atoms with Gasteiger partial charge in [0.05, 0.1) is 0 Å². The van der Waals surface area contributed by atoms with Crippen LogP contribution in [0, 0.1) is 0 Å². The van der Waals surface area contributed by atoms with Crippen molar-refractivity contribution < 1.29 is 18.9 Å². The topological polar surface area (TPSA) is 95.5 Å². The molecule has 0 heterocycles. The monoisotopic (exact) mass is 278 g/mol. The second-order valence-corrected chi connectivity index (χ2v) is 5.82. The lowest BCUT2D eigenvalue weighted by molar-refractivity contribution is -0.139. The smallest absolute Gasteiger partial charge is 0.326 e. The Morgan fingerprint density at radius 2 is 1.89 bits per heavy atom. The molecule has 7 heteroatoms. The van der Waals surface area contributed by atoms with Gasteiger partial charge in [0.2, 0.25) is 0 Å². The van der Waals surface area contributed by atoms with Crippen molar-refractivity contribution in [1.29, 1.82) is 0 Å². The lowest BCUT2D eigenvalue weighted by Crippen LogP contribution is -2.48. The third-order valence-corrected chi connectivity index (χ3v) is 3.21. The van der Waals surface area contributed by atoms with E-state index in [1.54, 1.807) is 13.2 Å². The van der Waals surface area contributed by atoms with Crippen LogP contribution in [0.3, 0.4) is 0 Å². The highest BCUT2D eigenvalue weighted by Crippen LogP contribution is 1.98. The summed E-state index contributed by atoms with van der Waals surface area (Å²) in [6.45, 7) is 3.65. The van der Waals surface area contributed by atoms with Crippen molar-refractivity contribution in [3.63, 3.8) is 0 Å². The van der Waals surface area contributed by atoms with Gasteiger partial charge in [-0.25, -0.2) is 9.59 Å². The van der Waals surface area contributed by atoms with Crippen molar-refractivity contribution in [3.05, 3.63) is 0 Å². The van der Waals surface area contributed by atoms with Gasteiger partial charge in [0.1, 0.15) is 6.04 Å². The van der Waals surface area contributed by atoms with Gasteiger partial charge >= 0.3 is 12.0 Å². The predicted molar refractivity (Wildman–Crippen MR) is 71.0 cm³/mol. The van der Waals surface area contributed by atoms with Gasteiger partial charge in [-0.2, -0.15) is 0 Å². The first-order valence-electron chi connectivity index (χ1n) is 5.96. The molecule has 0 aliphatic rings. The van der Waals surface area contributed by atoms with Gasteiger partial charge in [-0.15, -0.1) is 0 Å². The highest BCUT2D eigenvalue weighted by molar-refractivity contribution is 7.84. The molecule has 0 aromatic rings. The molecule has 18 heavy (non-hydrogen) atoms. The number of amides is 2. The van der Waals surface area contributed by atoms with Gasteiger partial charge in [0.15, 0.2) is 0 Å². The molecule has 2 amide bonds. The number of carboxylic acid groups (broad SMARTS) is 1. The molecule has 0 aromatic heterocycles. The zero-order chi connectivity index (χ0) is 14.1. The van der Waals surface area contributed by atoms with Gasteiger partial charge in [0.25, 0.3) is 0 Å². The molecule has 0 radical (unpaired) electrons. The molecule has 0 rings (SSSR count). The Morgan fingerprint density at radius 3 is 2.33 bits per heavy atom. The number of carboxylic acids is 1. The molecule has 0 aliphatic carbocycles. The normalized spacial score (nSPS) is 15.5. The Kier molecular flexibility index (Phi) is 8.36. The van der Waals surface area contributed by atoms with Crippen LogP contribution in [0.15, 0.2) is 0 Å². The lowest BCUT2D eigenvalue weighted by Gasteiger charge is -2.17. The Bertz CT molecular complexity index is 309. The van der Waals surface area contributed by atoms with Crippen LogP contribution in [-0.2, 0) is 15.6 Å². The number of nitrogens with one attached hydrogen (secondary N) is 2. The van der Waals surface area contributed by atoms with E-state index in [-0.39, 0.29) is 6.04 Å². The molecular weight excluding hydrogens is 256 g/mol. The maximum Gasteiger partial charge on any atom is 0.326 e. The van der Waals surface area contributed by atoms with Crippen molar-refractivity contribution in [3.8, 4) is 0 Å². The summed E-state index contributed by atoms with van der Waals surface area (Å²) in [5, 5.41) is 13.9. The van der Waals surface area contributed by atoms with Crippen LogP contribution in [0.1, 0.15) is 33.1 Å².